The molecular weight excluding hydrogens is 345 g/mol. The highest BCUT2D eigenvalue weighted by atomic mass is 19.1. The highest BCUT2D eigenvalue weighted by Crippen LogP contribution is 2.35. The first kappa shape index (κ1) is 17.1. The fraction of sp³-hybridized carbons (Fsp3) is 0.600. The number of likely N-dealkylation sites (tertiary alicyclic amines) is 1. The molecule has 5 rings (SSSR count). The molecule has 6 nitrogen and oxygen atoms in total. The van der Waals surface area contributed by atoms with Crippen LogP contribution in [0.25, 0.3) is 0 Å². The number of piperazine rings is 1. The van der Waals surface area contributed by atoms with Crippen molar-refractivity contribution in [3.8, 4) is 0 Å². The van der Waals surface area contributed by atoms with Crippen LogP contribution in [0.2, 0.25) is 0 Å². The second kappa shape index (κ2) is 7.20. The molecule has 0 bridgehead atoms. The van der Waals surface area contributed by atoms with Gasteiger partial charge in [0.2, 0.25) is 5.89 Å². The third-order valence-electron chi connectivity index (χ3n) is 6.26. The fourth-order valence-electron chi connectivity index (χ4n) is 4.25. The molecular formula is C20H26FN5O. The van der Waals surface area contributed by atoms with Crippen molar-refractivity contribution < 1.29 is 8.91 Å². The van der Waals surface area contributed by atoms with Gasteiger partial charge in [-0.3, -0.25) is 9.80 Å². The number of benzene rings is 1. The van der Waals surface area contributed by atoms with Crippen LogP contribution in [-0.2, 0) is 6.54 Å². The number of rotatable bonds is 5. The van der Waals surface area contributed by atoms with Gasteiger partial charge in [-0.2, -0.15) is 4.98 Å². The van der Waals surface area contributed by atoms with Crippen molar-refractivity contribution in [1.82, 2.24) is 19.9 Å². The first-order valence-corrected chi connectivity index (χ1v) is 10.0. The Labute approximate surface area is 158 Å². The van der Waals surface area contributed by atoms with Crippen LogP contribution in [0.15, 0.2) is 28.8 Å². The van der Waals surface area contributed by atoms with Crippen LogP contribution in [0.4, 0.5) is 10.1 Å². The Morgan fingerprint density at radius 2 is 1.78 bits per heavy atom. The highest BCUT2D eigenvalue weighted by Gasteiger charge is 2.34. The lowest BCUT2D eigenvalue weighted by Crippen LogP contribution is -2.62. The lowest BCUT2D eigenvalue weighted by Gasteiger charge is -2.48. The Bertz CT molecular complexity index is 761. The third kappa shape index (κ3) is 3.58. The monoisotopic (exact) mass is 371 g/mol. The van der Waals surface area contributed by atoms with E-state index in [-0.39, 0.29) is 5.82 Å². The van der Waals surface area contributed by atoms with Crippen molar-refractivity contribution in [1.29, 1.82) is 0 Å². The molecule has 0 unspecified atom stereocenters. The van der Waals surface area contributed by atoms with Gasteiger partial charge in [-0.15, -0.1) is 0 Å². The topological polar surface area (TPSA) is 48.6 Å². The summed E-state index contributed by atoms with van der Waals surface area (Å²) in [5.41, 5.74) is 1.12. The normalized spacial score (nSPS) is 22.6. The summed E-state index contributed by atoms with van der Waals surface area (Å²) >= 11 is 0. The SMILES string of the molecule is Fc1ccc(N2CCN(C3CN(Cc4noc(C5CCC5)n4)C3)CC2)cc1. The Hall–Kier alpha value is -1.99. The predicted octanol–water partition coefficient (Wildman–Crippen LogP) is 2.48. The summed E-state index contributed by atoms with van der Waals surface area (Å²) in [5, 5.41) is 4.15. The maximum Gasteiger partial charge on any atom is 0.229 e. The van der Waals surface area contributed by atoms with Crippen molar-refractivity contribution in [2.75, 3.05) is 44.2 Å². The van der Waals surface area contributed by atoms with Crippen LogP contribution < -0.4 is 4.90 Å². The Kier molecular flexibility index (Phi) is 4.57. The average Bonchev–Trinajstić information content (AvgIpc) is 3.05. The van der Waals surface area contributed by atoms with Gasteiger partial charge in [-0.25, -0.2) is 4.39 Å². The van der Waals surface area contributed by atoms with E-state index < -0.39 is 0 Å². The van der Waals surface area contributed by atoms with Crippen molar-refractivity contribution in [3.63, 3.8) is 0 Å². The number of hydrogen-bond acceptors (Lipinski definition) is 6. The van der Waals surface area contributed by atoms with Crippen LogP contribution in [0.1, 0.15) is 36.9 Å². The van der Waals surface area contributed by atoms with E-state index in [0.717, 1.165) is 63.2 Å². The zero-order chi connectivity index (χ0) is 18.2. The maximum atomic E-state index is 13.1. The minimum Gasteiger partial charge on any atom is -0.369 e. The van der Waals surface area contributed by atoms with Gasteiger partial charge >= 0.3 is 0 Å². The first-order chi connectivity index (χ1) is 13.2. The number of anilines is 1. The minimum absolute atomic E-state index is 0.173. The van der Waals surface area contributed by atoms with Gasteiger partial charge < -0.3 is 9.42 Å². The lowest BCUT2D eigenvalue weighted by atomic mass is 9.85. The van der Waals surface area contributed by atoms with Crippen molar-refractivity contribution >= 4 is 5.69 Å². The molecule has 0 atom stereocenters. The molecule has 7 heteroatoms. The van der Waals surface area contributed by atoms with Gasteiger partial charge in [0.15, 0.2) is 5.82 Å². The second-order valence-corrected chi connectivity index (χ2v) is 8.02. The standard InChI is InChI=1S/C20H26FN5O/c21-16-4-6-17(7-5-16)25-8-10-26(11-9-25)18-12-24(13-18)14-19-22-20(27-23-19)15-2-1-3-15/h4-7,15,18H,1-3,8-14H2. The number of halogens is 1. The van der Waals surface area contributed by atoms with E-state index in [1.165, 1.54) is 19.3 Å². The van der Waals surface area contributed by atoms with Gasteiger partial charge in [0.05, 0.1) is 6.54 Å². The molecule has 1 saturated carbocycles. The quantitative estimate of drug-likeness (QED) is 0.805. The summed E-state index contributed by atoms with van der Waals surface area (Å²) in [4.78, 5) is 11.9. The molecule has 0 N–H and O–H groups in total. The van der Waals surface area contributed by atoms with E-state index >= 15 is 0 Å². The molecule has 0 amide bonds. The Morgan fingerprint density at radius 3 is 2.44 bits per heavy atom. The van der Waals surface area contributed by atoms with E-state index in [2.05, 4.69) is 24.8 Å². The molecule has 0 spiro atoms. The number of hydrogen-bond donors (Lipinski definition) is 0. The van der Waals surface area contributed by atoms with Crippen LogP contribution >= 0.6 is 0 Å². The van der Waals surface area contributed by atoms with Crippen LogP contribution in [0.5, 0.6) is 0 Å². The van der Waals surface area contributed by atoms with Gasteiger partial charge in [0, 0.05) is 56.9 Å². The molecule has 1 aromatic carbocycles. The number of aromatic nitrogens is 2. The molecule has 1 aromatic heterocycles. The predicted molar refractivity (Wildman–Crippen MR) is 100 cm³/mol. The van der Waals surface area contributed by atoms with Gasteiger partial charge in [0.25, 0.3) is 0 Å². The van der Waals surface area contributed by atoms with Crippen LogP contribution in [0, 0.1) is 5.82 Å². The molecule has 2 aromatic rings. The average molecular weight is 371 g/mol. The molecule has 3 heterocycles. The first-order valence-electron chi connectivity index (χ1n) is 10.0. The Balaban J connectivity index is 1.07. The fourth-order valence-corrected chi connectivity index (χ4v) is 4.25. The van der Waals surface area contributed by atoms with E-state index in [1.54, 1.807) is 12.1 Å². The zero-order valence-corrected chi connectivity index (χ0v) is 15.6. The lowest BCUT2D eigenvalue weighted by molar-refractivity contribution is 0.0237. The summed E-state index contributed by atoms with van der Waals surface area (Å²) in [6.45, 7) is 7.05. The molecule has 3 aliphatic rings. The number of nitrogens with zero attached hydrogens (tertiary/aromatic N) is 5. The molecule has 0 radical (unpaired) electrons. The van der Waals surface area contributed by atoms with Crippen LogP contribution in [-0.4, -0.2) is 65.3 Å². The molecule has 1 aliphatic carbocycles. The zero-order valence-electron chi connectivity index (χ0n) is 15.6. The van der Waals surface area contributed by atoms with E-state index in [1.807, 2.05) is 12.1 Å². The summed E-state index contributed by atoms with van der Waals surface area (Å²) in [6, 6.07) is 7.45. The maximum absolute atomic E-state index is 13.1. The molecule has 27 heavy (non-hydrogen) atoms. The van der Waals surface area contributed by atoms with E-state index in [9.17, 15) is 4.39 Å². The van der Waals surface area contributed by atoms with Gasteiger partial charge in [-0.05, 0) is 37.1 Å². The summed E-state index contributed by atoms with van der Waals surface area (Å²) in [6.07, 6.45) is 3.67. The van der Waals surface area contributed by atoms with Gasteiger partial charge in [0.1, 0.15) is 5.82 Å². The van der Waals surface area contributed by atoms with Crippen molar-refractivity contribution in [3.05, 3.63) is 41.8 Å². The second-order valence-electron chi connectivity index (χ2n) is 8.02. The highest BCUT2D eigenvalue weighted by molar-refractivity contribution is 5.46. The smallest absolute Gasteiger partial charge is 0.229 e. The van der Waals surface area contributed by atoms with E-state index in [4.69, 9.17) is 4.52 Å². The summed E-state index contributed by atoms with van der Waals surface area (Å²) in [7, 11) is 0. The molecule has 144 valence electrons. The van der Waals surface area contributed by atoms with Crippen molar-refractivity contribution in [2.24, 2.45) is 0 Å². The Morgan fingerprint density at radius 1 is 1.04 bits per heavy atom. The summed E-state index contributed by atoms with van der Waals surface area (Å²) in [5.74, 6) is 2.00. The van der Waals surface area contributed by atoms with Crippen molar-refractivity contribution in [2.45, 2.75) is 37.8 Å². The molecule has 2 aliphatic heterocycles. The van der Waals surface area contributed by atoms with E-state index in [0.29, 0.717) is 12.0 Å². The third-order valence-corrected chi connectivity index (χ3v) is 6.26. The molecule has 3 fully saturated rings. The summed E-state index contributed by atoms with van der Waals surface area (Å²) < 4.78 is 18.5. The minimum atomic E-state index is -0.173. The van der Waals surface area contributed by atoms with Gasteiger partial charge in [-0.1, -0.05) is 11.6 Å². The van der Waals surface area contributed by atoms with Crippen LogP contribution in [0.3, 0.4) is 0 Å². The largest absolute Gasteiger partial charge is 0.369 e. The molecule has 2 saturated heterocycles.